The number of benzene rings is 1. The summed E-state index contributed by atoms with van der Waals surface area (Å²) in [5, 5.41) is 15.1. The van der Waals surface area contributed by atoms with Crippen molar-refractivity contribution in [3.63, 3.8) is 0 Å². The fourth-order valence-corrected chi connectivity index (χ4v) is 5.07. The van der Waals surface area contributed by atoms with Gasteiger partial charge < -0.3 is 19.3 Å². The zero-order valence-corrected chi connectivity index (χ0v) is 18.0. The van der Waals surface area contributed by atoms with Crippen LogP contribution in [0.15, 0.2) is 57.2 Å². The first-order chi connectivity index (χ1) is 14.1. The summed E-state index contributed by atoms with van der Waals surface area (Å²) in [6, 6.07) is 10.3. The van der Waals surface area contributed by atoms with Crippen LogP contribution < -0.4 is 0 Å². The second-order valence-corrected chi connectivity index (χ2v) is 8.79. The van der Waals surface area contributed by atoms with E-state index in [-0.39, 0.29) is 6.61 Å². The molecular formula is C18H16BrClN4O4S. The van der Waals surface area contributed by atoms with E-state index in [0.29, 0.717) is 14.5 Å². The first-order valence-electron chi connectivity index (χ1n) is 8.74. The van der Waals surface area contributed by atoms with Gasteiger partial charge in [0.15, 0.2) is 6.29 Å². The van der Waals surface area contributed by atoms with Crippen molar-refractivity contribution in [3.05, 3.63) is 68.2 Å². The lowest BCUT2D eigenvalue weighted by Gasteiger charge is -2.46. The number of pyridine rings is 1. The zero-order chi connectivity index (χ0) is 20.4. The van der Waals surface area contributed by atoms with Crippen LogP contribution in [0.25, 0.3) is 10.4 Å². The van der Waals surface area contributed by atoms with E-state index < -0.39 is 36.1 Å². The van der Waals surface area contributed by atoms with Gasteiger partial charge in [0.25, 0.3) is 0 Å². The van der Waals surface area contributed by atoms with Crippen LogP contribution in [0, 0.1) is 0 Å². The molecule has 1 aromatic heterocycles. The van der Waals surface area contributed by atoms with Gasteiger partial charge in [0, 0.05) is 21.6 Å². The molecular weight excluding hydrogens is 484 g/mol. The highest BCUT2D eigenvalue weighted by molar-refractivity contribution is 9.10. The van der Waals surface area contributed by atoms with E-state index in [2.05, 4.69) is 30.9 Å². The standard InChI is InChI=1S/C18H16BrClN4O4S/c19-16-12(6-10(20)7-22-16)29-18-14(25)13(23-24-21)15-11(27-18)8-26-17(28-15)9-4-2-1-3-5-9/h1-7,11,13-15,17-18,25H,8H2/t11?,13?,14-,15-,17?,18+/m0/s1. The molecule has 0 saturated carbocycles. The maximum Gasteiger partial charge on any atom is 0.184 e. The van der Waals surface area contributed by atoms with Gasteiger partial charge in [-0.15, -0.1) is 0 Å². The van der Waals surface area contributed by atoms with Crippen LogP contribution in [-0.2, 0) is 14.2 Å². The predicted octanol–water partition coefficient (Wildman–Crippen LogP) is 4.47. The van der Waals surface area contributed by atoms with Crippen molar-refractivity contribution < 1.29 is 19.3 Å². The van der Waals surface area contributed by atoms with Crippen LogP contribution in [0.2, 0.25) is 5.02 Å². The molecule has 0 spiro atoms. The number of hydrogen-bond acceptors (Lipinski definition) is 7. The fourth-order valence-electron chi connectivity index (χ4n) is 3.26. The summed E-state index contributed by atoms with van der Waals surface area (Å²) in [5.74, 6) is 0. The summed E-state index contributed by atoms with van der Waals surface area (Å²) in [4.78, 5) is 7.75. The lowest BCUT2D eigenvalue weighted by molar-refractivity contribution is -0.297. The highest BCUT2D eigenvalue weighted by Gasteiger charge is 2.49. The van der Waals surface area contributed by atoms with Gasteiger partial charge >= 0.3 is 0 Å². The smallest absolute Gasteiger partial charge is 0.184 e. The predicted molar refractivity (Wildman–Crippen MR) is 110 cm³/mol. The second-order valence-electron chi connectivity index (χ2n) is 6.47. The number of hydrogen-bond donors (Lipinski definition) is 1. The third-order valence-electron chi connectivity index (χ3n) is 4.61. The summed E-state index contributed by atoms with van der Waals surface area (Å²) in [6.07, 6.45) is -1.35. The van der Waals surface area contributed by atoms with Gasteiger partial charge in [0.05, 0.1) is 17.7 Å². The average molecular weight is 500 g/mol. The van der Waals surface area contributed by atoms with Crippen LogP contribution >= 0.6 is 39.3 Å². The molecule has 4 rings (SSSR count). The number of thioether (sulfide) groups is 1. The third-order valence-corrected chi connectivity index (χ3v) is 6.90. The molecule has 0 radical (unpaired) electrons. The average Bonchev–Trinajstić information content (AvgIpc) is 2.74. The van der Waals surface area contributed by atoms with Crippen molar-refractivity contribution >= 4 is 39.3 Å². The highest BCUT2D eigenvalue weighted by Crippen LogP contribution is 2.41. The maximum absolute atomic E-state index is 10.9. The lowest BCUT2D eigenvalue weighted by Crippen LogP contribution is -2.60. The molecule has 11 heteroatoms. The monoisotopic (exact) mass is 498 g/mol. The van der Waals surface area contributed by atoms with Crippen molar-refractivity contribution in [3.8, 4) is 0 Å². The van der Waals surface area contributed by atoms with Crippen LogP contribution in [0.5, 0.6) is 0 Å². The van der Waals surface area contributed by atoms with E-state index in [1.54, 1.807) is 6.07 Å². The maximum atomic E-state index is 10.9. The molecule has 1 N–H and O–H groups in total. The van der Waals surface area contributed by atoms with Crippen LogP contribution in [-0.4, -0.2) is 46.5 Å². The third kappa shape index (κ3) is 4.55. The summed E-state index contributed by atoms with van der Waals surface area (Å²) < 4.78 is 18.5. The van der Waals surface area contributed by atoms with Crippen molar-refractivity contribution in [2.45, 2.75) is 41.0 Å². The number of aliphatic hydroxyl groups excluding tert-OH is 1. The fraction of sp³-hybridized carbons (Fsp3) is 0.389. The van der Waals surface area contributed by atoms with Gasteiger partial charge in [-0.1, -0.05) is 58.8 Å². The number of ether oxygens (including phenoxy) is 3. The Hall–Kier alpha value is -1.36. The van der Waals surface area contributed by atoms with E-state index in [9.17, 15) is 5.11 Å². The number of aliphatic hydroxyl groups is 1. The first kappa shape index (κ1) is 20.9. The molecule has 2 aromatic rings. The summed E-state index contributed by atoms with van der Waals surface area (Å²) in [6.45, 7) is 0.237. The number of fused-ring (bicyclic) bond motifs is 1. The molecule has 8 nitrogen and oxygen atoms in total. The minimum absolute atomic E-state index is 0.237. The summed E-state index contributed by atoms with van der Waals surface area (Å²) >= 11 is 10.6. The van der Waals surface area contributed by atoms with E-state index in [1.807, 2.05) is 30.3 Å². The zero-order valence-electron chi connectivity index (χ0n) is 14.8. The van der Waals surface area contributed by atoms with Gasteiger partial charge in [-0.25, -0.2) is 4.98 Å². The Bertz CT molecular complexity index is 920. The molecule has 152 valence electrons. The Labute approximate surface area is 184 Å². The number of aromatic nitrogens is 1. The van der Waals surface area contributed by atoms with Gasteiger partial charge in [0.2, 0.25) is 0 Å². The van der Waals surface area contributed by atoms with Crippen molar-refractivity contribution in [2.24, 2.45) is 5.11 Å². The summed E-state index contributed by atoms with van der Waals surface area (Å²) in [7, 11) is 0. The van der Waals surface area contributed by atoms with Gasteiger partial charge in [0.1, 0.15) is 28.4 Å². The molecule has 2 aliphatic rings. The number of halogens is 2. The second kappa shape index (κ2) is 9.20. The quantitative estimate of drug-likeness (QED) is 0.288. The molecule has 2 fully saturated rings. The normalized spacial score (nSPS) is 31.6. The van der Waals surface area contributed by atoms with E-state index >= 15 is 0 Å². The lowest BCUT2D eigenvalue weighted by atomic mass is 9.97. The highest BCUT2D eigenvalue weighted by atomic mass is 79.9. The molecule has 3 heterocycles. The van der Waals surface area contributed by atoms with Gasteiger partial charge in [-0.05, 0) is 27.5 Å². The first-order valence-corrected chi connectivity index (χ1v) is 10.8. The van der Waals surface area contributed by atoms with Gasteiger partial charge in [-0.3, -0.25) is 0 Å². The van der Waals surface area contributed by atoms with Crippen LogP contribution in [0.1, 0.15) is 11.9 Å². The van der Waals surface area contributed by atoms with Crippen molar-refractivity contribution in [1.29, 1.82) is 0 Å². The molecule has 1 aromatic carbocycles. The number of nitrogens with zero attached hydrogens (tertiary/aromatic N) is 4. The Morgan fingerprint density at radius 1 is 1.31 bits per heavy atom. The van der Waals surface area contributed by atoms with E-state index in [4.69, 9.17) is 31.3 Å². The minimum Gasteiger partial charge on any atom is -0.389 e. The van der Waals surface area contributed by atoms with Crippen LogP contribution in [0.4, 0.5) is 0 Å². The molecule has 3 unspecified atom stereocenters. The summed E-state index contributed by atoms with van der Waals surface area (Å²) in [5.41, 5.74) is 9.16. The SMILES string of the molecule is [N-]=[N+]=NC1[C@H]2OC(c3ccccc3)OCC2O[C@H](Sc2cc(Cl)cnc2Br)[C@H]1O. The van der Waals surface area contributed by atoms with E-state index in [0.717, 1.165) is 5.56 Å². The van der Waals surface area contributed by atoms with Crippen molar-refractivity contribution in [2.75, 3.05) is 6.61 Å². The molecule has 0 bridgehead atoms. The largest absolute Gasteiger partial charge is 0.389 e. The van der Waals surface area contributed by atoms with Gasteiger partial charge in [-0.2, -0.15) is 0 Å². The molecule has 0 amide bonds. The number of rotatable bonds is 4. The molecule has 29 heavy (non-hydrogen) atoms. The number of azide groups is 1. The van der Waals surface area contributed by atoms with Crippen LogP contribution in [0.3, 0.4) is 0 Å². The Morgan fingerprint density at radius 3 is 2.86 bits per heavy atom. The van der Waals surface area contributed by atoms with Crippen molar-refractivity contribution in [1.82, 2.24) is 4.98 Å². The Balaban J connectivity index is 1.56. The molecule has 6 atom stereocenters. The Kier molecular flexibility index (Phi) is 6.63. The molecule has 2 saturated heterocycles. The minimum atomic E-state index is -1.10. The molecule has 2 aliphatic heterocycles. The molecule has 0 aliphatic carbocycles. The topological polar surface area (TPSA) is 110 Å². The Morgan fingerprint density at radius 2 is 2.10 bits per heavy atom. The van der Waals surface area contributed by atoms with E-state index in [1.165, 1.54) is 18.0 Å².